The second-order valence-electron chi connectivity index (χ2n) is 5.57. The van der Waals surface area contributed by atoms with Crippen LogP contribution in [0.25, 0.3) is 0 Å². The molecule has 3 rings (SSSR count). The summed E-state index contributed by atoms with van der Waals surface area (Å²) in [4.78, 5) is 6.48. The summed E-state index contributed by atoms with van der Waals surface area (Å²) >= 11 is 0. The molecule has 1 aliphatic carbocycles. The minimum absolute atomic E-state index is 0.104. The van der Waals surface area contributed by atoms with E-state index in [0.29, 0.717) is 13.1 Å². The maximum Gasteiger partial charge on any atom is 0.217 e. The summed E-state index contributed by atoms with van der Waals surface area (Å²) in [6, 6.07) is 0. The van der Waals surface area contributed by atoms with Crippen LogP contribution in [0, 0.1) is 0 Å². The minimum Gasteiger partial charge on any atom is -0.295 e. The first-order valence-corrected chi connectivity index (χ1v) is 8.62. The van der Waals surface area contributed by atoms with E-state index in [-0.39, 0.29) is 5.25 Å². The van der Waals surface area contributed by atoms with Gasteiger partial charge in [0.15, 0.2) is 0 Å². The van der Waals surface area contributed by atoms with E-state index < -0.39 is 10.0 Å². The molecule has 0 atom stereocenters. The van der Waals surface area contributed by atoms with Crippen molar-refractivity contribution in [2.24, 2.45) is 7.05 Å². The lowest BCUT2D eigenvalue weighted by molar-refractivity contribution is 0.268. The van der Waals surface area contributed by atoms with Gasteiger partial charge in [-0.3, -0.25) is 9.58 Å². The Morgan fingerprint density at radius 2 is 2.05 bits per heavy atom. The average molecular weight is 299 g/mol. The molecule has 8 heteroatoms. The van der Waals surface area contributed by atoms with E-state index in [4.69, 9.17) is 0 Å². The smallest absolute Gasteiger partial charge is 0.217 e. The molecule has 0 aromatic carbocycles. The molecule has 0 spiro atoms. The van der Waals surface area contributed by atoms with Gasteiger partial charge >= 0.3 is 0 Å². The van der Waals surface area contributed by atoms with Gasteiger partial charge in [0, 0.05) is 26.7 Å². The van der Waals surface area contributed by atoms with Crippen molar-refractivity contribution >= 4 is 10.0 Å². The van der Waals surface area contributed by atoms with Gasteiger partial charge in [-0.15, -0.1) is 0 Å². The fraction of sp³-hybridized carbons (Fsp3) is 0.833. The van der Waals surface area contributed by atoms with Gasteiger partial charge < -0.3 is 0 Å². The van der Waals surface area contributed by atoms with Crippen LogP contribution in [0.15, 0.2) is 6.33 Å². The van der Waals surface area contributed by atoms with Gasteiger partial charge in [-0.25, -0.2) is 17.7 Å². The standard InChI is InChI=1S/C12H21N5O2S/c1-15-12(13-10-14-15)9-16-5-2-6-17(8-7-16)20(18,19)11-3-4-11/h10-11H,2-9H2,1H3. The van der Waals surface area contributed by atoms with Crippen molar-refractivity contribution in [1.29, 1.82) is 0 Å². The number of rotatable bonds is 4. The summed E-state index contributed by atoms with van der Waals surface area (Å²) in [5, 5.41) is 3.96. The van der Waals surface area contributed by atoms with Crippen molar-refractivity contribution in [3.05, 3.63) is 12.2 Å². The van der Waals surface area contributed by atoms with E-state index in [1.807, 2.05) is 7.05 Å². The van der Waals surface area contributed by atoms with Gasteiger partial charge in [-0.1, -0.05) is 0 Å². The normalized spacial score (nSPS) is 22.9. The van der Waals surface area contributed by atoms with Gasteiger partial charge in [0.2, 0.25) is 10.0 Å². The lowest BCUT2D eigenvalue weighted by atomic mass is 10.4. The monoisotopic (exact) mass is 299 g/mol. The number of nitrogens with zero attached hydrogens (tertiary/aromatic N) is 5. The molecule has 0 radical (unpaired) electrons. The van der Waals surface area contributed by atoms with Crippen molar-refractivity contribution in [1.82, 2.24) is 24.0 Å². The first kappa shape index (κ1) is 14.0. The molecule has 2 fully saturated rings. The molecule has 1 saturated carbocycles. The Kier molecular flexibility index (Phi) is 3.78. The Balaban J connectivity index is 1.61. The van der Waals surface area contributed by atoms with Crippen molar-refractivity contribution in [2.45, 2.75) is 31.1 Å². The second-order valence-corrected chi connectivity index (χ2v) is 7.79. The summed E-state index contributed by atoms with van der Waals surface area (Å²) in [6.45, 7) is 3.64. The van der Waals surface area contributed by atoms with Crippen LogP contribution in [0.3, 0.4) is 0 Å². The average Bonchev–Trinajstić information content (AvgIpc) is 3.21. The molecule has 7 nitrogen and oxygen atoms in total. The number of hydrogen-bond acceptors (Lipinski definition) is 5. The minimum atomic E-state index is -3.03. The predicted octanol–water partition coefficient (Wildman–Crippen LogP) is -0.185. The first-order chi connectivity index (χ1) is 9.57. The van der Waals surface area contributed by atoms with Crippen LogP contribution in [0.2, 0.25) is 0 Å². The Morgan fingerprint density at radius 3 is 2.70 bits per heavy atom. The maximum absolute atomic E-state index is 12.3. The van der Waals surface area contributed by atoms with Gasteiger partial charge in [0.1, 0.15) is 12.2 Å². The molecular weight excluding hydrogens is 278 g/mol. The van der Waals surface area contributed by atoms with Crippen LogP contribution in [0.1, 0.15) is 25.1 Å². The first-order valence-electron chi connectivity index (χ1n) is 7.11. The molecule has 1 aliphatic heterocycles. The summed E-state index contributed by atoms with van der Waals surface area (Å²) < 4.78 is 28.0. The second kappa shape index (κ2) is 5.42. The SMILES string of the molecule is Cn1ncnc1CN1CCCN(S(=O)(=O)C2CC2)CC1. The van der Waals surface area contributed by atoms with E-state index in [0.717, 1.165) is 44.7 Å². The highest BCUT2D eigenvalue weighted by Gasteiger charge is 2.40. The maximum atomic E-state index is 12.3. The summed E-state index contributed by atoms with van der Waals surface area (Å²) in [5.41, 5.74) is 0. The van der Waals surface area contributed by atoms with E-state index in [2.05, 4.69) is 15.0 Å². The molecule has 0 bridgehead atoms. The molecule has 1 saturated heterocycles. The van der Waals surface area contributed by atoms with Gasteiger partial charge in [0.05, 0.1) is 11.8 Å². The van der Waals surface area contributed by atoms with Crippen LogP contribution in [-0.2, 0) is 23.6 Å². The van der Waals surface area contributed by atoms with E-state index >= 15 is 0 Å². The zero-order valence-corrected chi connectivity index (χ0v) is 12.6. The van der Waals surface area contributed by atoms with Crippen LogP contribution in [-0.4, -0.2) is 63.8 Å². The number of hydrogen-bond donors (Lipinski definition) is 0. The topological polar surface area (TPSA) is 71.3 Å². The van der Waals surface area contributed by atoms with Crippen LogP contribution in [0.5, 0.6) is 0 Å². The lowest BCUT2D eigenvalue weighted by Crippen LogP contribution is -2.37. The van der Waals surface area contributed by atoms with Crippen LogP contribution >= 0.6 is 0 Å². The zero-order chi connectivity index (χ0) is 14.2. The molecular formula is C12H21N5O2S. The highest BCUT2D eigenvalue weighted by molar-refractivity contribution is 7.90. The number of aryl methyl sites for hydroxylation is 1. The summed E-state index contributed by atoms with van der Waals surface area (Å²) in [6.07, 6.45) is 4.10. The van der Waals surface area contributed by atoms with Gasteiger partial charge in [-0.2, -0.15) is 5.10 Å². The molecule has 2 heterocycles. The Morgan fingerprint density at radius 1 is 1.25 bits per heavy atom. The Labute approximate surface area is 119 Å². The van der Waals surface area contributed by atoms with Crippen molar-refractivity contribution < 1.29 is 8.42 Å². The number of sulfonamides is 1. The molecule has 112 valence electrons. The summed E-state index contributed by atoms with van der Waals surface area (Å²) in [7, 11) is -1.15. The molecule has 0 unspecified atom stereocenters. The number of aromatic nitrogens is 3. The zero-order valence-electron chi connectivity index (χ0n) is 11.8. The molecule has 1 aromatic rings. The third kappa shape index (κ3) is 2.87. The van der Waals surface area contributed by atoms with E-state index in [1.54, 1.807) is 15.3 Å². The third-order valence-corrected chi connectivity index (χ3v) is 6.42. The Hall–Kier alpha value is -0.990. The van der Waals surface area contributed by atoms with Crippen LogP contribution in [0.4, 0.5) is 0 Å². The molecule has 0 N–H and O–H groups in total. The highest BCUT2D eigenvalue weighted by atomic mass is 32.2. The van der Waals surface area contributed by atoms with E-state index in [9.17, 15) is 8.42 Å². The highest BCUT2D eigenvalue weighted by Crippen LogP contribution is 2.31. The van der Waals surface area contributed by atoms with Crippen LogP contribution < -0.4 is 0 Å². The largest absolute Gasteiger partial charge is 0.295 e. The van der Waals surface area contributed by atoms with Gasteiger partial charge in [-0.05, 0) is 25.8 Å². The van der Waals surface area contributed by atoms with E-state index in [1.165, 1.54) is 0 Å². The summed E-state index contributed by atoms with van der Waals surface area (Å²) in [5.74, 6) is 0.920. The lowest BCUT2D eigenvalue weighted by Gasteiger charge is -2.21. The predicted molar refractivity (Wildman–Crippen MR) is 74.4 cm³/mol. The third-order valence-electron chi connectivity index (χ3n) is 4.02. The van der Waals surface area contributed by atoms with Crippen molar-refractivity contribution in [2.75, 3.05) is 26.2 Å². The molecule has 1 aromatic heterocycles. The van der Waals surface area contributed by atoms with Gasteiger partial charge in [0.25, 0.3) is 0 Å². The fourth-order valence-electron chi connectivity index (χ4n) is 2.60. The Bertz CT molecular complexity index is 566. The molecule has 0 amide bonds. The molecule has 2 aliphatic rings. The van der Waals surface area contributed by atoms with Crippen molar-refractivity contribution in [3.63, 3.8) is 0 Å². The molecule has 20 heavy (non-hydrogen) atoms. The fourth-order valence-corrected chi connectivity index (χ4v) is 4.47. The quantitative estimate of drug-likeness (QED) is 0.771. The van der Waals surface area contributed by atoms with Crippen molar-refractivity contribution in [3.8, 4) is 0 Å².